The topological polar surface area (TPSA) is 69.2 Å². The van der Waals surface area contributed by atoms with E-state index < -0.39 is 0 Å². The minimum atomic E-state index is 0.114. The molecular weight excluding hydrogens is 366 g/mol. The number of nitrogens with zero attached hydrogens (tertiary/aromatic N) is 3. The summed E-state index contributed by atoms with van der Waals surface area (Å²) in [6.45, 7) is 11.0. The van der Waals surface area contributed by atoms with Crippen molar-refractivity contribution in [2.75, 3.05) is 59.0 Å². The first-order valence-electron chi connectivity index (χ1n) is 10.9. The van der Waals surface area contributed by atoms with Crippen LogP contribution >= 0.6 is 0 Å². The van der Waals surface area contributed by atoms with E-state index in [2.05, 4.69) is 51.7 Å². The van der Waals surface area contributed by atoms with Gasteiger partial charge in [0.1, 0.15) is 6.54 Å². The monoisotopic (exact) mass is 401 g/mol. The van der Waals surface area contributed by atoms with E-state index in [0.717, 1.165) is 65.3 Å². The summed E-state index contributed by atoms with van der Waals surface area (Å²) < 4.78 is 5.55. The van der Waals surface area contributed by atoms with E-state index in [1.807, 2.05) is 11.8 Å². The smallest absolute Gasteiger partial charge is 0.244 e. The molecule has 3 rings (SSSR count). The average Bonchev–Trinajstić information content (AvgIpc) is 3.28. The molecule has 7 heteroatoms. The minimum absolute atomic E-state index is 0.114. The zero-order chi connectivity index (χ0) is 20.5. The van der Waals surface area contributed by atoms with Crippen LogP contribution in [0.1, 0.15) is 36.9 Å². The summed E-state index contributed by atoms with van der Waals surface area (Å²) in [5, 5.41) is 6.74. The second kappa shape index (κ2) is 11.2. The molecule has 29 heavy (non-hydrogen) atoms. The Bertz CT molecular complexity index is 682. The number of benzene rings is 1. The van der Waals surface area contributed by atoms with E-state index in [9.17, 15) is 4.79 Å². The Kier molecular flexibility index (Phi) is 8.31. The van der Waals surface area contributed by atoms with Crippen molar-refractivity contribution in [3.05, 3.63) is 35.4 Å². The molecule has 2 aliphatic heterocycles. The first kappa shape index (κ1) is 21.6. The van der Waals surface area contributed by atoms with E-state index >= 15 is 0 Å². The molecule has 0 bridgehead atoms. The molecule has 2 saturated heterocycles. The molecule has 1 unspecified atom stereocenters. The molecule has 0 aromatic heterocycles. The van der Waals surface area contributed by atoms with Crippen LogP contribution in [0.5, 0.6) is 0 Å². The quantitative estimate of drug-likeness (QED) is 0.536. The van der Waals surface area contributed by atoms with E-state index in [-0.39, 0.29) is 18.5 Å². The van der Waals surface area contributed by atoms with Gasteiger partial charge < -0.3 is 20.3 Å². The van der Waals surface area contributed by atoms with Crippen molar-refractivity contribution in [1.82, 2.24) is 20.4 Å². The number of hydrogen-bond acceptors (Lipinski definition) is 4. The van der Waals surface area contributed by atoms with Crippen molar-refractivity contribution in [3.63, 3.8) is 0 Å². The van der Waals surface area contributed by atoms with Gasteiger partial charge in [-0.05, 0) is 32.3 Å². The molecule has 0 aliphatic carbocycles. The molecule has 0 saturated carbocycles. The Labute approximate surface area is 174 Å². The molecule has 2 aliphatic rings. The Balaban J connectivity index is 1.66. The fourth-order valence-corrected chi connectivity index (χ4v) is 3.97. The molecule has 0 spiro atoms. The van der Waals surface area contributed by atoms with Crippen molar-refractivity contribution in [1.29, 1.82) is 0 Å². The van der Waals surface area contributed by atoms with Gasteiger partial charge in [-0.15, -0.1) is 0 Å². The summed E-state index contributed by atoms with van der Waals surface area (Å²) in [6, 6.07) is 8.92. The molecule has 2 heterocycles. The molecule has 1 aromatic carbocycles. The van der Waals surface area contributed by atoms with Gasteiger partial charge in [0, 0.05) is 39.3 Å². The highest BCUT2D eigenvalue weighted by atomic mass is 16.5. The SMILES string of the molecule is CCNC(=NCC(=O)N1CCCC1)NCC(c1cccc(C)c1)N1CCOCC1. The van der Waals surface area contributed by atoms with Gasteiger partial charge in [-0.25, -0.2) is 4.99 Å². The number of hydrogen-bond donors (Lipinski definition) is 2. The largest absolute Gasteiger partial charge is 0.379 e. The van der Waals surface area contributed by atoms with Crippen LogP contribution in [0.15, 0.2) is 29.3 Å². The number of likely N-dealkylation sites (tertiary alicyclic amines) is 1. The normalized spacial score (nSPS) is 19.2. The third-order valence-corrected chi connectivity index (χ3v) is 5.55. The molecular formula is C22H35N5O2. The summed E-state index contributed by atoms with van der Waals surface area (Å²) >= 11 is 0. The van der Waals surface area contributed by atoms with Crippen LogP contribution in [0.25, 0.3) is 0 Å². The van der Waals surface area contributed by atoms with Crippen LogP contribution in [0.4, 0.5) is 0 Å². The lowest BCUT2D eigenvalue weighted by Crippen LogP contribution is -2.46. The van der Waals surface area contributed by atoms with E-state index in [1.165, 1.54) is 11.1 Å². The van der Waals surface area contributed by atoms with Crippen molar-refractivity contribution in [3.8, 4) is 0 Å². The standard InChI is InChI=1S/C22H35N5O2/c1-3-23-22(25-17-21(28)27-9-4-5-10-27)24-16-20(26-11-13-29-14-12-26)19-8-6-7-18(2)15-19/h6-8,15,20H,3-5,9-14,16-17H2,1-2H3,(H2,23,24,25). The number of carbonyl (C=O) groups is 1. The Morgan fingerprint density at radius 2 is 1.93 bits per heavy atom. The zero-order valence-corrected chi connectivity index (χ0v) is 17.8. The molecule has 1 atom stereocenters. The fourth-order valence-electron chi connectivity index (χ4n) is 3.97. The predicted octanol–water partition coefficient (Wildman–Crippen LogP) is 1.55. The molecule has 2 N–H and O–H groups in total. The highest BCUT2D eigenvalue weighted by Gasteiger charge is 2.23. The van der Waals surface area contributed by atoms with Crippen LogP contribution in [0, 0.1) is 6.92 Å². The summed E-state index contributed by atoms with van der Waals surface area (Å²) in [4.78, 5) is 21.3. The number of ether oxygens (including phenoxy) is 1. The molecule has 1 aromatic rings. The first-order valence-corrected chi connectivity index (χ1v) is 10.9. The predicted molar refractivity (Wildman–Crippen MR) is 116 cm³/mol. The maximum atomic E-state index is 12.3. The fraction of sp³-hybridized carbons (Fsp3) is 0.636. The van der Waals surface area contributed by atoms with Gasteiger partial charge in [0.05, 0.1) is 19.3 Å². The summed E-state index contributed by atoms with van der Waals surface area (Å²) in [7, 11) is 0. The van der Waals surface area contributed by atoms with Crippen LogP contribution in [0.3, 0.4) is 0 Å². The molecule has 1 amide bonds. The van der Waals surface area contributed by atoms with Crippen molar-refractivity contribution in [2.45, 2.75) is 32.7 Å². The molecule has 2 fully saturated rings. The van der Waals surface area contributed by atoms with E-state index in [4.69, 9.17) is 4.74 Å². The van der Waals surface area contributed by atoms with Crippen LogP contribution < -0.4 is 10.6 Å². The highest BCUT2D eigenvalue weighted by Crippen LogP contribution is 2.22. The molecule has 160 valence electrons. The Morgan fingerprint density at radius 1 is 1.17 bits per heavy atom. The third kappa shape index (κ3) is 6.44. The number of carbonyl (C=O) groups excluding carboxylic acids is 1. The summed E-state index contributed by atoms with van der Waals surface area (Å²) in [6.07, 6.45) is 2.21. The van der Waals surface area contributed by atoms with Gasteiger partial charge >= 0.3 is 0 Å². The van der Waals surface area contributed by atoms with Crippen LogP contribution in [0.2, 0.25) is 0 Å². The zero-order valence-electron chi connectivity index (χ0n) is 17.8. The first-order chi connectivity index (χ1) is 14.2. The number of morpholine rings is 1. The van der Waals surface area contributed by atoms with E-state index in [0.29, 0.717) is 5.96 Å². The number of amides is 1. The average molecular weight is 402 g/mol. The summed E-state index contributed by atoms with van der Waals surface area (Å²) in [5.41, 5.74) is 2.56. The second-order valence-electron chi connectivity index (χ2n) is 7.74. The van der Waals surface area contributed by atoms with Gasteiger partial charge in [-0.1, -0.05) is 29.8 Å². The molecule has 7 nitrogen and oxygen atoms in total. The Morgan fingerprint density at radius 3 is 2.62 bits per heavy atom. The number of aryl methyl sites for hydroxylation is 1. The van der Waals surface area contributed by atoms with Gasteiger partial charge in [-0.3, -0.25) is 9.69 Å². The lowest BCUT2D eigenvalue weighted by Gasteiger charge is -2.35. The van der Waals surface area contributed by atoms with Gasteiger partial charge in [0.15, 0.2) is 5.96 Å². The van der Waals surface area contributed by atoms with Crippen molar-refractivity contribution >= 4 is 11.9 Å². The number of guanidine groups is 1. The number of nitrogens with one attached hydrogen (secondary N) is 2. The van der Waals surface area contributed by atoms with Crippen LogP contribution in [-0.4, -0.2) is 80.7 Å². The highest BCUT2D eigenvalue weighted by molar-refractivity contribution is 5.85. The summed E-state index contributed by atoms with van der Waals surface area (Å²) in [5.74, 6) is 0.814. The third-order valence-electron chi connectivity index (χ3n) is 5.55. The van der Waals surface area contributed by atoms with Gasteiger partial charge in [-0.2, -0.15) is 0 Å². The lowest BCUT2D eigenvalue weighted by atomic mass is 10.0. The maximum absolute atomic E-state index is 12.3. The van der Waals surface area contributed by atoms with Crippen molar-refractivity contribution in [2.24, 2.45) is 4.99 Å². The van der Waals surface area contributed by atoms with Crippen molar-refractivity contribution < 1.29 is 9.53 Å². The Hall–Kier alpha value is -2.12. The van der Waals surface area contributed by atoms with Gasteiger partial charge in [0.2, 0.25) is 5.91 Å². The number of rotatable bonds is 7. The molecule has 0 radical (unpaired) electrons. The van der Waals surface area contributed by atoms with Gasteiger partial charge in [0.25, 0.3) is 0 Å². The van der Waals surface area contributed by atoms with Crippen LogP contribution in [-0.2, 0) is 9.53 Å². The number of aliphatic imine (C=N–C) groups is 1. The lowest BCUT2D eigenvalue weighted by molar-refractivity contribution is -0.128. The minimum Gasteiger partial charge on any atom is -0.379 e. The maximum Gasteiger partial charge on any atom is 0.244 e. The second-order valence-corrected chi connectivity index (χ2v) is 7.74. The van der Waals surface area contributed by atoms with E-state index in [1.54, 1.807) is 0 Å².